The van der Waals surface area contributed by atoms with Gasteiger partial charge in [-0.05, 0) is 32.0 Å². The van der Waals surface area contributed by atoms with Crippen molar-refractivity contribution in [2.75, 3.05) is 23.8 Å². The molecule has 1 aliphatic heterocycles. The lowest BCUT2D eigenvalue weighted by Crippen LogP contribution is -2.36. The van der Waals surface area contributed by atoms with Gasteiger partial charge in [0, 0.05) is 19.3 Å². The number of fused-ring (bicyclic) bond motifs is 1. The van der Waals surface area contributed by atoms with Gasteiger partial charge in [-0.3, -0.25) is 9.59 Å². The van der Waals surface area contributed by atoms with E-state index in [2.05, 4.69) is 5.32 Å². The summed E-state index contributed by atoms with van der Waals surface area (Å²) in [6, 6.07) is 5.14. The minimum Gasteiger partial charge on any atom is -0.389 e. The summed E-state index contributed by atoms with van der Waals surface area (Å²) in [6.07, 6.45) is 0. The van der Waals surface area contributed by atoms with Crippen LogP contribution in [0.15, 0.2) is 18.2 Å². The maximum Gasteiger partial charge on any atom is 0.296 e. The third-order valence-corrected chi connectivity index (χ3v) is 2.77. The molecule has 1 aromatic rings. The molecular formula is C13H16N2O3. The first-order valence-corrected chi connectivity index (χ1v) is 5.71. The molecule has 96 valence electrons. The number of carbonyl (C=O) groups excluding carboxylic acids is 2. The van der Waals surface area contributed by atoms with E-state index in [1.165, 1.54) is 0 Å². The number of benzene rings is 1. The number of Topliss-reactive ketones (excluding diaryl/α,β-unsaturated/α-hetero) is 1. The first kappa shape index (κ1) is 12.6. The molecule has 1 amide bonds. The van der Waals surface area contributed by atoms with Gasteiger partial charge in [-0.2, -0.15) is 0 Å². The maximum atomic E-state index is 11.4. The topological polar surface area (TPSA) is 69.6 Å². The third-order valence-electron chi connectivity index (χ3n) is 2.77. The van der Waals surface area contributed by atoms with Crippen molar-refractivity contribution in [2.24, 2.45) is 0 Å². The van der Waals surface area contributed by atoms with Crippen molar-refractivity contribution in [3.8, 4) is 0 Å². The molecule has 1 aromatic carbocycles. The van der Waals surface area contributed by atoms with Crippen molar-refractivity contribution in [2.45, 2.75) is 19.4 Å². The minimum atomic E-state index is -0.813. The Morgan fingerprint density at radius 2 is 2.00 bits per heavy atom. The molecule has 1 aliphatic rings. The SMILES string of the molecule is CN(CC(C)(C)O)c1ccc2c(c1)NC(=O)C2=O. The Morgan fingerprint density at radius 3 is 2.61 bits per heavy atom. The van der Waals surface area contributed by atoms with Crippen LogP contribution < -0.4 is 10.2 Å². The van der Waals surface area contributed by atoms with Gasteiger partial charge in [0.05, 0.1) is 16.9 Å². The van der Waals surface area contributed by atoms with Crippen LogP contribution in [0.5, 0.6) is 0 Å². The summed E-state index contributed by atoms with van der Waals surface area (Å²) in [7, 11) is 1.85. The second kappa shape index (κ2) is 4.10. The van der Waals surface area contributed by atoms with E-state index in [1.54, 1.807) is 32.0 Å². The Balaban J connectivity index is 2.26. The molecule has 0 atom stereocenters. The molecule has 0 bridgehead atoms. The molecule has 5 nitrogen and oxygen atoms in total. The third kappa shape index (κ3) is 2.36. The summed E-state index contributed by atoms with van der Waals surface area (Å²) < 4.78 is 0. The lowest BCUT2D eigenvalue weighted by molar-refractivity contribution is -0.112. The fourth-order valence-electron chi connectivity index (χ4n) is 2.04. The van der Waals surface area contributed by atoms with Crippen LogP contribution in [-0.2, 0) is 4.79 Å². The van der Waals surface area contributed by atoms with Crippen LogP contribution in [0.1, 0.15) is 24.2 Å². The van der Waals surface area contributed by atoms with Crippen molar-refractivity contribution in [1.29, 1.82) is 0 Å². The summed E-state index contributed by atoms with van der Waals surface area (Å²) in [4.78, 5) is 24.5. The van der Waals surface area contributed by atoms with Gasteiger partial charge in [0.2, 0.25) is 0 Å². The van der Waals surface area contributed by atoms with Gasteiger partial charge in [0.25, 0.3) is 11.7 Å². The van der Waals surface area contributed by atoms with Crippen molar-refractivity contribution in [3.63, 3.8) is 0 Å². The van der Waals surface area contributed by atoms with Crippen molar-refractivity contribution in [3.05, 3.63) is 23.8 Å². The van der Waals surface area contributed by atoms with E-state index in [9.17, 15) is 14.7 Å². The Bertz CT molecular complexity index is 517. The first-order valence-electron chi connectivity index (χ1n) is 5.71. The number of aliphatic hydroxyl groups is 1. The van der Waals surface area contributed by atoms with Gasteiger partial charge in [0.15, 0.2) is 0 Å². The van der Waals surface area contributed by atoms with E-state index < -0.39 is 17.3 Å². The van der Waals surface area contributed by atoms with Crippen LogP contribution in [0.25, 0.3) is 0 Å². The molecule has 0 spiro atoms. The Morgan fingerprint density at radius 1 is 1.33 bits per heavy atom. The number of nitrogens with zero attached hydrogens (tertiary/aromatic N) is 1. The Kier molecular flexibility index (Phi) is 2.86. The fraction of sp³-hybridized carbons (Fsp3) is 0.385. The minimum absolute atomic E-state index is 0.403. The highest BCUT2D eigenvalue weighted by Crippen LogP contribution is 2.28. The maximum absolute atomic E-state index is 11.4. The van der Waals surface area contributed by atoms with Crippen molar-refractivity contribution >= 4 is 23.1 Å². The zero-order chi connectivity index (χ0) is 13.5. The summed E-state index contributed by atoms with van der Waals surface area (Å²) in [5, 5.41) is 12.3. The van der Waals surface area contributed by atoms with Crippen molar-refractivity contribution < 1.29 is 14.7 Å². The molecular weight excluding hydrogens is 232 g/mol. The first-order chi connectivity index (χ1) is 8.28. The van der Waals surface area contributed by atoms with E-state index in [1.807, 2.05) is 11.9 Å². The summed E-state index contributed by atoms with van der Waals surface area (Å²) in [5.74, 6) is -1.09. The molecule has 5 heteroatoms. The summed E-state index contributed by atoms with van der Waals surface area (Å²) in [5.41, 5.74) is 0.962. The highest BCUT2D eigenvalue weighted by atomic mass is 16.3. The van der Waals surface area contributed by atoms with Gasteiger partial charge in [0.1, 0.15) is 0 Å². The highest BCUT2D eigenvalue weighted by molar-refractivity contribution is 6.51. The van der Waals surface area contributed by atoms with E-state index >= 15 is 0 Å². The van der Waals surface area contributed by atoms with Gasteiger partial charge in [-0.15, -0.1) is 0 Å². The number of amides is 1. The number of anilines is 2. The van der Waals surface area contributed by atoms with E-state index in [0.29, 0.717) is 17.8 Å². The molecule has 0 aliphatic carbocycles. The summed E-state index contributed by atoms with van der Waals surface area (Å²) in [6.45, 7) is 3.90. The van der Waals surface area contributed by atoms with Gasteiger partial charge >= 0.3 is 0 Å². The van der Waals surface area contributed by atoms with E-state index in [4.69, 9.17) is 0 Å². The predicted molar refractivity (Wildman–Crippen MR) is 69.0 cm³/mol. The lowest BCUT2D eigenvalue weighted by Gasteiger charge is -2.27. The highest BCUT2D eigenvalue weighted by Gasteiger charge is 2.28. The zero-order valence-corrected chi connectivity index (χ0v) is 10.7. The molecule has 0 saturated carbocycles. The molecule has 0 fully saturated rings. The lowest BCUT2D eigenvalue weighted by atomic mass is 10.1. The van der Waals surface area contributed by atoms with Crippen LogP contribution in [0.4, 0.5) is 11.4 Å². The van der Waals surface area contributed by atoms with Crippen LogP contribution in [-0.4, -0.2) is 36.0 Å². The molecule has 2 rings (SSSR count). The average molecular weight is 248 g/mol. The quantitative estimate of drug-likeness (QED) is 0.784. The molecule has 0 unspecified atom stereocenters. The second-order valence-electron chi connectivity index (χ2n) is 5.18. The van der Waals surface area contributed by atoms with Crippen LogP contribution in [0.2, 0.25) is 0 Å². The predicted octanol–water partition coefficient (Wildman–Crippen LogP) is 1.03. The molecule has 1 heterocycles. The van der Waals surface area contributed by atoms with E-state index in [0.717, 1.165) is 5.69 Å². The normalized spacial score (nSPS) is 14.4. The molecule has 0 radical (unpaired) electrons. The van der Waals surface area contributed by atoms with Gasteiger partial charge in [-0.25, -0.2) is 0 Å². The van der Waals surface area contributed by atoms with Gasteiger partial charge in [-0.1, -0.05) is 0 Å². The molecule has 0 aromatic heterocycles. The zero-order valence-electron chi connectivity index (χ0n) is 10.7. The van der Waals surface area contributed by atoms with Crippen molar-refractivity contribution in [1.82, 2.24) is 0 Å². The number of carbonyl (C=O) groups is 2. The Labute approximate surface area is 105 Å². The van der Waals surface area contributed by atoms with E-state index in [-0.39, 0.29) is 0 Å². The largest absolute Gasteiger partial charge is 0.389 e. The number of hydrogen-bond acceptors (Lipinski definition) is 4. The number of rotatable bonds is 3. The second-order valence-corrected chi connectivity index (χ2v) is 5.18. The van der Waals surface area contributed by atoms with Gasteiger partial charge < -0.3 is 15.3 Å². The number of likely N-dealkylation sites (N-methyl/N-ethyl adjacent to an activating group) is 1. The monoisotopic (exact) mass is 248 g/mol. The number of ketones is 1. The number of nitrogens with one attached hydrogen (secondary N) is 1. The smallest absolute Gasteiger partial charge is 0.296 e. The van der Waals surface area contributed by atoms with Crippen LogP contribution in [0, 0.1) is 0 Å². The number of hydrogen-bond donors (Lipinski definition) is 2. The molecule has 18 heavy (non-hydrogen) atoms. The summed E-state index contributed by atoms with van der Waals surface area (Å²) >= 11 is 0. The van der Waals surface area contributed by atoms with Crippen LogP contribution >= 0.6 is 0 Å². The fourth-order valence-corrected chi connectivity index (χ4v) is 2.04. The van der Waals surface area contributed by atoms with Crippen LogP contribution in [0.3, 0.4) is 0 Å². The standard InChI is InChI=1S/C13H16N2O3/c1-13(2,18)7-15(3)8-4-5-9-10(6-8)14-12(17)11(9)16/h4-6,18H,7H2,1-3H3,(H,14,16,17). The molecule has 2 N–H and O–H groups in total. The Hall–Kier alpha value is -1.88. The molecule has 0 saturated heterocycles. The average Bonchev–Trinajstić information content (AvgIpc) is 2.52.